The van der Waals surface area contributed by atoms with Crippen LogP contribution in [0.5, 0.6) is 0 Å². The molecule has 2 aliphatic rings. The molecule has 1 spiro atoms. The number of hydrogen-bond donors (Lipinski definition) is 2. The summed E-state index contributed by atoms with van der Waals surface area (Å²) in [6.07, 6.45) is 0.781. The topological polar surface area (TPSA) is 79.2 Å². The fraction of sp³-hybridized carbons (Fsp3) is 0.533. The van der Waals surface area contributed by atoms with Gasteiger partial charge >= 0.3 is 7.12 Å². The lowest BCUT2D eigenvalue weighted by Gasteiger charge is -2.42. The summed E-state index contributed by atoms with van der Waals surface area (Å²) in [7, 11) is -1.52. The van der Waals surface area contributed by atoms with Gasteiger partial charge in [-0.15, -0.1) is 0 Å². The van der Waals surface area contributed by atoms with Crippen molar-refractivity contribution in [2.75, 3.05) is 26.3 Å². The minimum atomic E-state index is -1.52. The summed E-state index contributed by atoms with van der Waals surface area (Å²) in [5.74, 6) is -0.0687. The minimum absolute atomic E-state index is 0.0185. The molecule has 2 atom stereocenters. The van der Waals surface area contributed by atoms with Crippen molar-refractivity contribution in [3.63, 3.8) is 0 Å². The van der Waals surface area contributed by atoms with Gasteiger partial charge < -0.3 is 24.4 Å². The van der Waals surface area contributed by atoms with Gasteiger partial charge in [-0.3, -0.25) is 4.79 Å². The van der Waals surface area contributed by atoms with Crippen LogP contribution in [0.3, 0.4) is 0 Å². The van der Waals surface area contributed by atoms with Crippen molar-refractivity contribution in [2.45, 2.75) is 25.0 Å². The molecule has 7 heteroatoms. The highest BCUT2D eigenvalue weighted by Crippen LogP contribution is 2.33. The Balaban J connectivity index is 1.74. The van der Waals surface area contributed by atoms with Gasteiger partial charge in [0.25, 0.3) is 5.91 Å². The van der Waals surface area contributed by atoms with Crippen LogP contribution in [0.25, 0.3) is 0 Å². The lowest BCUT2D eigenvalue weighted by molar-refractivity contribution is -0.126. The van der Waals surface area contributed by atoms with E-state index in [4.69, 9.17) is 19.5 Å². The molecule has 0 aromatic heterocycles. The molecule has 0 saturated carbocycles. The van der Waals surface area contributed by atoms with Crippen LogP contribution in [-0.4, -0.2) is 66.0 Å². The van der Waals surface area contributed by atoms with Crippen LogP contribution in [0.1, 0.15) is 23.7 Å². The highest BCUT2D eigenvalue weighted by atomic mass is 16.6. The zero-order valence-corrected chi connectivity index (χ0v) is 12.6. The van der Waals surface area contributed by atoms with E-state index in [0.29, 0.717) is 37.3 Å². The second kappa shape index (κ2) is 6.00. The predicted octanol–water partition coefficient (Wildman–Crippen LogP) is -0.614. The van der Waals surface area contributed by atoms with E-state index < -0.39 is 12.7 Å². The first kappa shape index (κ1) is 15.5. The number of carbonyl (C=O) groups is 1. The fourth-order valence-electron chi connectivity index (χ4n) is 3.12. The summed E-state index contributed by atoms with van der Waals surface area (Å²) in [6.45, 7) is 4.23. The van der Waals surface area contributed by atoms with E-state index in [2.05, 4.69) is 0 Å². The number of benzene rings is 1. The van der Waals surface area contributed by atoms with Gasteiger partial charge in [0.05, 0.1) is 19.3 Å². The van der Waals surface area contributed by atoms with Crippen LogP contribution in [0, 0.1) is 0 Å². The zero-order valence-electron chi connectivity index (χ0n) is 12.6. The zero-order chi connectivity index (χ0) is 15.7. The first-order valence-electron chi connectivity index (χ1n) is 7.53. The average Bonchev–Trinajstić information content (AvgIpc) is 2.87. The number of carbonyl (C=O) groups excluding carboxylic acids is 1. The van der Waals surface area contributed by atoms with Crippen LogP contribution >= 0.6 is 0 Å². The van der Waals surface area contributed by atoms with E-state index in [1.54, 1.807) is 29.2 Å². The summed E-state index contributed by atoms with van der Waals surface area (Å²) < 4.78 is 11.5. The number of ether oxygens (including phenoxy) is 2. The van der Waals surface area contributed by atoms with E-state index >= 15 is 0 Å². The summed E-state index contributed by atoms with van der Waals surface area (Å²) >= 11 is 0. The lowest BCUT2D eigenvalue weighted by Crippen LogP contribution is -2.56. The number of nitrogens with zero attached hydrogens (tertiary/aromatic N) is 1. The Hall–Kier alpha value is -1.41. The maximum atomic E-state index is 12.6. The number of morpholine rings is 1. The van der Waals surface area contributed by atoms with Crippen molar-refractivity contribution in [2.24, 2.45) is 0 Å². The van der Waals surface area contributed by atoms with Gasteiger partial charge in [0.1, 0.15) is 5.60 Å². The molecule has 2 heterocycles. The SMILES string of the molecule is CC1OCCC12CN(C(=O)c1ccc(B(O)O)cc1)CCO2. The molecule has 22 heavy (non-hydrogen) atoms. The third kappa shape index (κ3) is 2.77. The Morgan fingerprint density at radius 2 is 2.05 bits per heavy atom. The number of hydrogen-bond acceptors (Lipinski definition) is 5. The number of amides is 1. The normalized spacial score (nSPS) is 28.1. The minimum Gasteiger partial charge on any atom is -0.423 e. The molecule has 118 valence electrons. The Morgan fingerprint density at radius 1 is 1.32 bits per heavy atom. The van der Waals surface area contributed by atoms with Gasteiger partial charge in [-0.25, -0.2) is 0 Å². The van der Waals surface area contributed by atoms with Gasteiger partial charge in [-0.2, -0.15) is 0 Å². The lowest BCUT2D eigenvalue weighted by atomic mass is 9.80. The molecule has 1 aromatic carbocycles. The smallest absolute Gasteiger partial charge is 0.423 e. The van der Waals surface area contributed by atoms with Gasteiger partial charge in [0.2, 0.25) is 0 Å². The largest absolute Gasteiger partial charge is 0.488 e. The van der Waals surface area contributed by atoms with Crippen LogP contribution in [0.2, 0.25) is 0 Å². The molecular formula is C15H20BNO5. The fourth-order valence-corrected chi connectivity index (χ4v) is 3.12. The van der Waals surface area contributed by atoms with E-state index in [-0.39, 0.29) is 12.0 Å². The molecule has 2 saturated heterocycles. The van der Waals surface area contributed by atoms with Crippen LogP contribution in [0.4, 0.5) is 0 Å². The molecule has 3 rings (SSSR count). The predicted molar refractivity (Wildman–Crippen MR) is 80.9 cm³/mol. The number of rotatable bonds is 2. The Kier molecular flexibility index (Phi) is 4.23. The quantitative estimate of drug-likeness (QED) is 0.713. The Labute approximate surface area is 129 Å². The van der Waals surface area contributed by atoms with Crippen molar-refractivity contribution in [1.82, 2.24) is 4.90 Å². The summed E-state index contributed by atoms with van der Waals surface area (Å²) in [5.41, 5.74) is 0.510. The molecule has 1 amide bonds. The van der Waals surface area contributed by atoms with Crippen LogP contribution in [-0.2, 0) is 9.47 Å². The molecule has 2 fully saturated rings. The van der Waals surface area contributed by atoms with Gasteiger partial charge in [-0.1, -0.05) is 12.1 Å². The van der Waals surface area contributed by atoms with Gasteiger partial charge in [0, 0.05) is 25.1 Å². The molecule has 2 N–H and O–H groups in total. The second-order valence-corrected chi connectivity index (χ2v) is 5.90. The summed E-state index contributed by atoms with van der Waals surface area (Å²) in [5, 5.41) is 18.2. The van der Waals surface area contributed by atoms with Crippen molar-refractivity contribution in [3.05, 3.63) is 29.8 Å². The molecule has 0 aliphatic carbocycles. The van der Waals surface area contributed by atoms with Crippen LogP contribution < -0.4 is 5.46 Å². The van der Waals surface area contributed by atoms with E-state index in [0.717, 1.165) is 6.42 Å². The third-order valence-corrected chi connectivity index (χ3v) is 4.59. The molecule has 0 bridgehead atoms. The monoisotopic (exact) mass is 305 g/mol. The highest BCUT2D eigenvalue weighted by Gasteiger charge is 2.47. The Morgan fingerprint density at radius 3 is 2.64 bits per heavy atom. The average molecular weight is 305 g/mol. The molecular weight excluding hydrogens is 285 g/mol. The summed E-state index contributed by atoms with van der Waals surface area (Å²) in [4.78, 5) is 14.4. The maximum Gasteiger partial charge on any atom is 0.488 e. The molecule has 0 radical (unpaired) electrons. The van der Waals surface area contributed by atoms with Crippen molar-refractivity contribution in [3.8, 4) is 0 Å². The molecule has 2 aliphatic heterocycles. The standard InChI is InChI=1S/C15H20BNO5/c1-11-15(6-8-21-11)10-17(7-9-22-15)14(18)12-2-4-13(5-3-12)16(19)20/h2-5,11,19-20H,6-10H2,1H3. The second-order valence-electron chi connectivity index (χ2n) is 5.90. The third-order valence-electron chi connectivity index (χ3n) is 4.59. The first-order valence-corrected chi connectivity index (χ1v) is 7.53. The van der Waals surface area contributed by atoms with Gasteiger partial charge in [-0.05, 0) is 24.5 Å². The first-order chi connectivity index (χ1) is 10.5. The molecule has 2 unspecified atom stereocenters. The van der Waals surface area contributed by atoms with E-state index in [9.17, 15) is 4.79 Å². The van der Waals surface area contributed by atoms with Crippen molar-refractivity contribution < 1.29 is 24.3 Å². The highest BCUT2D eigenvalue weighted by molar-refractivity contribution is 6.58. The van der Waals surface area contributed by atoms with E-state index in [1.807, 2.05) is 6.92 Å². The summed E-state index contributed by atoms with van der Waals surface area (Å²) in [6, 6.07) is 6.34. The van der Waals surface area contributed by atoms with Crippen molar-refractivity contribution >= 4 is 18.5 Å². The van der Waals surface area contributed by atoms with E-state index in [1.165, 1.54) is 0 Å². The van der Waals surface area contributed by atoms with Crippen molar-refractivity contribution in [1.29, 1.82) is 0 Å². The molecule has 1 aromatic rings. The van der Waals surface area contributed by atoms with Crippen LogP contribution in [0.15, 0.2) is 24.3 Å². The maximum absolute atomic E-state index is 12.6. The van der Waals surface area contributed by atoms with Gasteiger partial charge in [0.15, 0.2) is 0 Å². The Bertz CT molecular complexity index is 549. The molecule has 6 nitrogen and oxygen atoms in total.